The second kappa shape index (κ2) is 8.68. The van der Waals surface area contributed by atoms with E-state index in [1.807, 2.05) is 12.1 Å². The molecule has 0 bridgehead atoms. The standard InChI is InChI=1S/C13H20BrNO3S/c1-2-3-12-4-6-13(7-5-12)19(16,17)15-9-11-18-10-8-14/h4-7,15H,2-3,8-11H2,1H3. The second-order valence-corrected chi connectivity index (χ2v) is 6.65. The molecule has 1 aromatic carbocycles. The molecule has 108 valence electrons. The summed E-state index contributed by atoms with van der Waals surface area (Å²) in [5.41, 5.74) is 1.15. The molecular formula is C13H20BrNO3S. The van der Waals surface area contributed by atoms with Crippen molar-refractivity contribution in [2.45, 2.75) is 24.7 Å². The number of ether oxygens (including phenoxy) is 1. The quantitative estimate of drug-likeness (QED) is 0.549. The van der Waals surface area contributed by atoms with Crippen LogP contribution in [-0.4, -0.2) is 33.5 Å². The van der Waals surface area contributed by atoms with Crippen LogP contribution in [0.15, 0.2) is 29.2 Å². The molecule has 4 nitrogen and oxygen atoms in total. The normalized spacial score (nSPS) is 11.7. The lowest BCUT2D eigenvalue weighted by atomic mass is 10.1. The topological polar surface area (TPSA) is 55.4 Å². The van der Waals surface area contributed by atoms with Gasteiger partial charge in [-0.1, -0.05) is 41.4 Å². The van der Waals surface area contributed by atoms with E-state index < -0.39 is 10.0 Å². The number of hydrogen-bond donors (Lipinski definition) is 1. The molecule has 0 aromatic heterocycles. The lowest BCUT2D eigenvalue weighted by molar-refractivity contribution is 0.156. The van der Waals surface area contributed by atoms with Gasteiger partial charge in [0.05, 0.1) is 18.1 Å². The Kier molecular flexibility index (Phi) is 7.60. The molecule has 0 saturated heterocycles. The highest BCUT2D eigenvalue weighted by Gasteiger charge is 2.12. The predicted molar refractivity (Wildman–Crippen MR) is 80.2 cm³/mol. The Morgan fingerprint density at radius 2 is 1.89 bits per heavy atom. The molecule has 0 unspecified atom stereocenters. The molecule has 0 atom stereocenters. The zero-order chi connectivity index (χ0) is 14.1. The van der Waals surface area contributed by atoms with Gasteiger partial charge in [-0.2, -0.15) is 0 Å². The second-order valence-electron chi connectivity index (χ2n) is 4.09. The Labute approximate surface area is 123 Å². The zero-order valence-electron chi connectivity index (χ0n) is 11.1. The number of nitrogens with one attached hydrogen (secondary N) is 1. The van der Waals surface area contributed by atoms with E-state index in [-0.39, 0.29) is 6.54 Å². The lowest BCUT2D eigenvalue weighted by Crippen LogP contribution is -2.27. The summed E-state index contributed by atoms with van der Waals surface area (Å²) in [5, 5.41) is 0.749. The highest BCUT2D eigenvalue weighted by Crippen LogP contribution is 2.11. The minimum Gasteiger partial charge on any atom is -0.379 e. The minimum absolute atomic E-state index is 0.284. The van der Waals surface area contributed by atoms with E-state index >= 15 is 0 Å². The van der Waals surface area contributed by atoms with Crippen LogP contribution in [-0.2, 0) is 21.2 Å². The monoisotopic (exact) mass is 349 g/mol. The number of aryl methyl sites for hydroxylation is 1. The molecule has 0 saturated carbocycles. The van der Waals surface area contributed by atoms with Crippen LogP contribution in [0.2, 0.25) is 0 Å². The van der Waals surface area contributed by atoms with Crippen molar-refractivity contribution < 1.29 is 13.2 Å². The summed E-state index contributed by atoms with van der Waals surface area (Å²) in [6.07, 6.45) is 2.02. The molecule has 0 spiro atoms. The first-order chi connectivity index (χ1) is 9.10. The number of rotatable bonds is 9. The van der Waals surface area contributed by atoms with Gasteiger partial charge in [0.25, 0.3) is 0 Å². The molecule has 0 aliphatic rings. The molecule has 19 heavy (non-hydrogen) atoms. The summed E-state index contributed by atoms with van der Waals surface area (Å²) in [5.74, 6) is 0. The summed E-state index contributed by atoms with van der Waals surface area (Å²) >= 11 is 3.23. The molecule has 0 aliphatic carbocycles. The number of benzene rings is 1. The Morgan fingerprint density at radius 3 is 2.47 bits per heavy atom. The molecule has 1 rings (SSSR count). The van der Waals surface area contributed by atoms with E-state index in [1.165, 1.54) is 0 Å². The van der Waals surface area contributed by atoms with E-state index in [4.69, 9.17) is 4.74 Å². The van der Waals surface area contributed by atoms with Crippen LogP contribution in [0.4, 0.5) is 0 Å². The van der Waals surface area contributed by atoms with Crippen LogP contribution in [0.1, 0.15) is 18.9 Å². The van der Waals surface area contributed by atoms with Crippen molar-refractivity contribution in [2.75, 3.05) is 25.1 Å². The Bertz CT molecular complexity index is 459. The highest BCUT2D eigenvalue weighted by atomic mass is 79.9. The molecule has 0 heterocycles. The van der Waals surface area contributed by atoms with Crippen molar-refractivity contribution in [2.24, 2.45) is 0 Å². The predicted octanol–water partition coefficient (Wildman–Crippen LogP) is 2.33. The Morgan fingerprint density at radius 1 is 1.21 bits per heavy atom. The SMILES string of the molecule is CCCc1ccc(S(=O)(=O)NCCOCCBr)cc1. The van der Waals surface area contributed by atoms with Crippen LogP contribution in [0.25, 0.3) is 0 Å². The number of sulfonamides is 1. The summed E-state index contributed by atoms with van der Waals surface area (Å²) in [4.78, 5) is 0.299. The van der Waals surface area contributed by atoms with Gasteiger partial charge in [-0.05, 0) is 24.1 Å². The fourth-order valence-corrected chi connectivity index (χ4v) is 2.85. The molecule has 6 heteroatoms. The van der Waals surface area contributed by atoms with Gasteiger partial charge in [-0.25, -0.2) is 13.1 Å². The van der Waals surface area contributed by atoms with Crippen molar-refractivity contribution in [1.29, 1.82) is 0 Å². The third-order valence-electron chi connectivity index (χ3n) is 2.53. The number of alkyl halides is 1. The minimum atomic E-state index is -3.42. The molecule has 1 aromatic rings. The van der Waals surface area contributed by atoms with Gasteiger partial charge in [-0.15, -0.1) is 0 Å². The van der Waals surface area contributed by atoms with Crippen LogP contribution in [0.5, 0.6) is 0 Å². The van der Waals surface area contributed by atoms with E-state index in [0.29, 0.717) is 18.1 Å². The van der Waals surface area contributed by atoms with Gasteiger partial charge in [0.2, 0.25) is 10.0 Å². The van der Waals surface area contributed by atoms with Gasteiger partial charge < -0.3 is 4.74 Å². The van der Waals surface area contributed by atoms with Gasteiger partial charge in [0.15, 0.2) is 0 Å². The fraction of sp³-hybridized carbons (Fsp3) is 0.538. The van der Waals surface area contributed by atoms with E-state index in [0.717, 1.165) is 23.7 Å². The lowest BCUT2D eigenvalue weighted by Gasteiger charge is -2.07. The first-order valence-corrected chi connectivity index (χ1v) is 8.93. The van der Waals surface area contributed by atoms with Crippen LogP contribution >= 0.6 is 15.9 Å². The maximum atomic E-state index is 12.0. The summed E-state index contributed by atoms with van der Waals surface area (Å²) in [7, 11) is -3.42. The fourth-order valence-electron chi connectivity index (χ4n) is 1.61. The largest absolute Gasteiger partial charge is 0.379 e. The van der Waals surface area contributed by atoms with Crippen LogP contribution < -0.4 is 4.72 Å². The molecule has 0 aliphatic heterocycles. The average Bonchev–Trinajstić information content (AvgIpc) is 2.39. The first-order valence-electron chi connectivity index (χ1n) is 6.32. The summed E-state index contributed by atoms with van der Waals surface area (Å²) in [6, 6.07) is 7.01. The van der Waals surface area contributed by atoms with Crippen LogP contribution in [0.3, 0.4) is 0 Å². The zero-order valence-corrected chi connectivity index (χ0v) is 13.5. The number of halogens is 1. The van der Waals surface area contributed by atoms with Gasteiger partial charge in [0, 0.05) is 11.9 Å². The molecular weight excluding hydrogens is 330 g/mol. The van der Waals surface area contributed by atoms with E-state index in [1.54, 1.807) is 12.1 Å². The Hall–Kier alpha value is -0.430. The highest BCUT2D eigenvalue weighted by molar-refractivity contribution is 9.09. The van der Waals surface area contributed by atoms with Gasteiger partial charge in [-0.3, -0.25) is 0 Å². The molecule has 0 amide bonds. The van der Waals surface area contributed by atoms with Crippen LogP contribution in [0, 0.1) is 0 Å². The van der Waals surface area contributed by atoms with Gasteiger partial charge in [0.1, 0.15) is 0 Å². The third kappa shape index (κ3) is 6.03. The molecule has 1 N–H and O–H groups in total. The van der Waals surface area contributed by atoms with Gasteiger partial charge >= 0.3 is 0 Å². The smallest absolute Gasteiger partial charge is 0.240 e. The maximum Gasteiger partial charge on any atom is 0.240 e. The van der Waals surface area contributed by atoms with Crippen molar-refractivity contribution in [3.63, 3.8) is 0 Å². The van der Waals surface area contributed by atoms with E-state index in [2.05, 4.69) is 27.6 Å². The average molecular weight is 350 g/mol. The third-order valence-corrected chi connectivity index (χ3v) is 4.33. The number of hydrogen-bond acceptors (Lipinski definition) is 3. The Balaban J connectivity index is 2.52. The van der Waals surface area contributed by atoms with Crippen molar-refractivity contribution in [3.05, 3.63) is 29.8 Å². The summed E-state index contributed by atoms with van der Waals surface area (Å²) < 4.78 is 31.6. The van der Waals surface area contributed by atoms with Crippen molar-refractivity contribution >= 4 is 26.0 Å². The van der Waals surface area contributed by atoms with E-state index in [9.17, 15) is 8.42 Å². The summed E-state index contributed by atoms with van der Waals surface area (Å²) in [6.45, 7) is 3.33. The van der Waals surface area contributed by atoms with Crippen molar-refractivity contribution in [1.82, 2.24) is 4.72 Å². The maximum absolute atomic E-state index is 12.0. The first kappa shape index (κ1) is 16.6. The van der Waals surface area contributed by atoms with Crippen molar-refractivity contribution in [3.8, 4) is 0 Å². The molecule has 0 radical (unpaired) electrons. The molecule has 0 fully saturated rings.